The fraction of sp³-hybridized carbons (Fsp3) is 0.500. The monoisotopic (exact) mass is 231 g/mol. The van der Waals surface area contributed by atoms with E-state index < -0.39 is 17.4 Å². The van der Waals surface area contributed by atoms with Crippen LogP contribution in [0.4, 0.5) is 13.2 Å². The van der Waals surface area contributed by atoms with Crippen LogP contribution in [0.3, 0.4) is 0 Å². The van der Waals surface area contributed by atoms with Gasteiger partial charge in [0.1, 0.15) is 0 Å². The van der Waals surface area contributed by atoms with E-state index >= 15 is 0 Å². The third kappa shape index (κ3) is 1.73. The van der Waals surface area contributed by atoms with Crippen molar-refractivity contribution in [3.05, 3.63) is 30.6 Å². The van der Waals surface area contributed by atoms with E-state index in [0.717, 1.165) is 12.6 Å². The smallest absolute Gasteiger partial charge is 0.314 e. The Hall–Kier alpha value is -1.30. The van der Waals surface area contributed by atoms with Gasteiger partial charge in [-0.15, -0.1) is 6.58 Å². The predicted molar refractivity (Wildman–Crippen MR) is 52.9 cm³/mol. The van der Waals surface area contributed by atoms with Crippen LogP contribution in [0.25, 0.3) is 0 Å². The minimum Gasteiger partial charge on any atom is -0.314 e. The first-order valence-corrected chi connectivity index (χ1v) is 4.96. The molecule has 1 aromatic heterocycles. The Kier molecular flexibility index (Phi) is 2.53. The lowest BCUT2D eigenvalue weighted by atomic mass is 9.99. The molecule has 2 rings (SSSR count). The van der Waals surface area contributed by atoms with Crippen LogP contribution in [-0.2, 0) is 11.7 Å². The molecule has 0 amide bonds. The maximum atomic E-state index is 12.4. The molecule has 1 saturated heterocycles. The van der Waals surface area contributed by atoms with Crippen LogP contribution in [0.15, 0.2) is 24.9 Å². The zero-order valence-electron chi connectivity index (χ0n) is 8.59. The Labute approximate surface area is 90.9 Å². The van der Waals surface area contributed by atoms with E-state index in [0.29, 0.717) is 13.0 Å². The van der Waals surface area contributed by atoms with Gasteiger partial charge in [0, 0.05) is 12.7 Å². The van der Waals surface area contributed by atoms with E-state index in [9.17, 15) is 13.2 Å². The van der Waals surface area contributed by atoms with Gasteiger partial charge in [-0.2, -0.15) is 18.3 Å². The van der Waals surface area contributed by atoms with Crippen LogP contribution in [-0.4, -0.2) is 22.9 Å². The van der Waals surface area contributed by atoms with Gasteiger partial charge in [-0.25, -0.2) is 0 Å². The van der Waals surface area contributed by atoms with Gasteiger partial charge in [0.15, 0.2) is 5.69 Å². The highest BCUT2D eigenvalue weighted by Gasteiger charge is 2.38. The molecule has 0 aromatic carbocycles. The van der Waals surface area contributed by atoms with Gasteiger partial charge < -0.3 is 5.32 Å². The molecule has 1 aromatic rings. The molecule has 1 atom stereocenters. The Morgan fingerprint density at radius 1 is 1.56 bits per heavy atom. The van der Waals surface area contributed by atoms with Crippen LogP contribution in [0.2, 0.25) is 0 Å². The number of nitrogens with zero attached hydrogens (tertiary/aromatic N) is 2. The first-order chi connectivity index (χ1) is 7.48. The van der Waals surface area contributed by atoms with Crippen molar-refractivity contribution in [1.29, 1.82) is 0 Å². The topological polar surface area (TPSA) is 29.9 Å². The SMILES string of the molecule is C=C[C@@]1(n2ccc(C(F)(F)F)n2)CCNC1. The van der Waals surface area contributed by atoms with E-state index in [-0.39, 0.29) is 0 Å². The van der Waals surface area contributed by atoms with Gasteiger partial charge >= 0.3 is 6.18 Å². The minimum absolute atomic E-state index is 0.524. The third-order valence-electron chi connectivity index (χ3n) is 2.88. The molecule has 3 nitrogen and oxygen atoms in total. The van der Waals surface area contributed by atoms with Crippen molar-refractivity contribution < 1.29 is 13.2 Å². The number of alkyl halides is 3. The average molecular weight is 231 g/mol. The number of aromatic nitrogens is 2. The second-order valence-electron chi connectivity index (χ2n) is 3.88. The summed E-state index contributed by atoms with van der Waals surface area (Å²) >= 11 is 0. The quantitative estimate of drug-likeness (QED) is 0.786. The highest BCUT2D eigenvalue weighted by atomic mass is 19.4. The summed E-state index contributed by atoms with van der Waals surface area (Å²) in [5.41, 5.74) is -1.38. The summed E-state index contributed by atoms with van der Waals surface area (Å²) in [7, 11) is 0. The number of hydrogen-bond acceptors (Lipinski definition) is 2. The van der Waals surface area contributed by atoms with Gasteiger partial charge in [-0.05, 0) is 19.0 Å². The largest absolute Gasteiger partial charge is 0.435 e. The fourth-order valence-electron chi connectivity index (χ4n) is 1.88. The fourth-order valence-corrected chi connectivity index (χ4v) is 1.88. The second-order valence-corrected chi connectivity index (χ2v) is 3.88. The van der Waals surface area contributed by atoms with Crippen molar-refractivity contribution in [2.75, 3.05) is 13.1 Å². The summed E-state index contributed by atoms with van der Waals surface area (Å²) in [5, 5.41) is 6.68. The molecule has 0 saturated carbocycles. The molecule has 6 heteroatoms. The standard InChI is InChI=1S/C10H12F3N3/c1-2-9(4-5-14-7-9)16-6-3-8(15-16)10(11,12)13/h2-3,6,14H,1,4-5,7H2/t9-/m1/s1. The lowest BCUT2D eigenvalue weighted by Crippen LogP contribution is -2.34. The lowest BCUT2D eigenvalue weighted by Gasteiger charge is -2.24. The summed E-state index contributed by atoms with van der Waals surface area (Å²) in [6.45, 7) is 5.00. The molecule has 0 bridgehead atoms. The molecule has 88 valence electrons. The Morgan fingerprint density at radius 2 is 2.31 bits per heavy atom. The normalized spacial score (nSPS) is 25.9. The summed E-state index contributed by atoms with van der Waals surface area (Å²) in [6.07, 6.45) is -0.674. The number of hydrogen-bond donors (Lipinski definition) is 1. The molecule has 1 N–H and O–H groups in total. The lowest BCUT2D eigenvalue weighted by molar-refractivity contribution is -0.141. The minimum atomic E-state index is -4.39. The molecule has 0 aliphatic carbocycles. The summed E-state index contributed by atoms with van der Waals surface area (Å²) in [5.74, 6) is 0. The van der Waals surface area contributed by atoms with Crippen molar-refractivity contribution >= 4 is 0 Å². The second kappa shape index (κ2) is 3.62. The van der Waals surface area contributed by atoms with Gasteiger partial charge in [-0.1, -0.05) is 6.08 Å². The third-order valence-corrected chi connectivity index (χ3v) is 2.88. The zero-order valence-corrected chi connectivity index (χ0v) is 8.59. The molecule has 0 radical (unpaired) electrons. The van der Waals surface area contributed by atoms with E-state index in [1.807, 2.05) is 0 Å². The van der Waals surface area contributed by atoms with Crippen molar-refractivity contribution in [3.63, 3.8) is 0 Å². The van der Waals surface area contributed by atoms with Gasteiger partial charge in [0.25, 0.3) is 0 Å². The molecule has 0 spiro atoms. The highest BCUT2D eigenvalue weighted by Crippen LogP contribution is 2.30. The maximum Gasteiger partial charge on any atom is 0.435 e. The zero-order chi connectivity index (χ0) is 11.8. The molecule has 0 unspecified atom stereocenters. The van der Waals surface area contributed by atoms with Crippen molar-refractivity contribution in [2.24, 2.45) is 0 Å². The van der Waals surface area contributed by atoms with E-state index in [4.69, 9.17) is 0 Å². The molecule has 16 heavy (non-hydrogen) atoms. The Morgan fingerprint density at radius 3 is 2.75 bits per heavy atom. The van der Waals surface area contributed by atoms with Crippen molar-refractivity contribution in [3.8, 4) is 0 Å². The molecular weight excluding hydrogens is 219 g/mol. The average Bonchev–Trinajstić information content (AvgIpc) is 2.86. The first kappa shape index (κ1) is 11.2. The van der Waals surface area contributed by atoms with Crippen molar-refractivity contribution in [2.45, 2.75) is 18.1 Å². The van der Waals surface area contributed by atoms with E-state index in [1.165, 1.54) is 10.9 Å². The predicted octanol–water partition coefficient (Wildman–Crippen LogP) is 1.78. The number of rotatable bonds is 2. The van der Waals surface area contributed by atoms with Crippen LogP contribution in [0.1, 0.15) is 12.1 Å². The molecule has 1 fully saturated rings. The molecule has 1 aliphatic rings. The summed E-state index contributed by atoms with van der Waals surface area (Å²) in [6, 6.07) is 0.990. The van der Waals surface area contributed by atoms with Crippen LogP contribution in [0, 0.1) is 0 Å². The van der Waals surface area contributed by atoms with E-state index in [1.54, 1.807) is 6.08 Å². The van der Waals surface area contributed by atoms with Gasteiger partial charge in [0.2, 0.25) is 0 Å². The maximum absolute atomic E-state index is 12.4. The first-order valence-electron chi connectivity index (χ1n) is 4.96. The van der Waals surface area contributed by atoms with Crippen molar-refractivity contribution in [1.82, 2.24) is 15.1 Å². The molecular formula is C10H12F3N3. The Balaban J connectivity index is 2.34. The summed E-state index contributed by atoms with van der Waals surface area (Å²) < 4.78 is 38.5. The van der Waals surface area contributed by atoms with Gasteiger partial charge in [-0.3, -0.25) is 4.68 Å². The number of nitrogens with one attached hydrogen (secondary N) is 1. The van der Waals surface area contributed by atoms with Crippen LogP contribution in [0.5, 0.6) is 0 Å². The number of halogens is 3. The Bertz CT molecular complexity index is 388. The van der Waals surface area contributed by atoms with Crippen LogP contribution < -0.4 is 5.32 Å². The highest BCUT2D eigenvalue weighted by molar-refractivity contribution is 5.11. The molecule has 1 aliphatic heterocycles. The summed E-state index contributed by atoms with van der Waals surface area (Å²) in [4.78, 5) is 0. The van der Waals surface area contributed by atoms with Gasteiger partial charge in [0.05, 0.1) is 5.54 Å². The van der Waals surface area contributed by atoms with Crippen LogP contribution >= 0.6 is 0 Å². The molecule has 2 heterocycles. The van der Waals surface area contributed by atoms with E-state index in [2.05, 4.69) is 17.0 Å².